The summed E-state index contributed by atoms with van der Waals surface area (Å²) in [5.74, 6) is -2.32. The van der Waals surface area contributed by atoms with Crippen LogP contribution in [0.4, 0.5) is 10.1 Å². The second-order valence-corrected chi connectivity index (χ2v) is 6.62. The number of aryl methyl sites for hydroxylation is 2. The Morgan fingerprint density at radius 1 is 1.13 bits per heavy atom. The van der Waals surface area contributed by atoms with Crippen LogP contribution in [0.3, 0.4) is 0 Å². The first kappa shape index (κ1) is 24.9. The minimum atomic E-state index is -1.14. The number of anilines is 1. The molecular formula is C21H27ClFN5O2. The number of guanidine groups is 1. The van der Waals surface area contributed by atoms with E-state index in [2.05, 4.69) is 52.5 Å². The third-order valence-corrected chi connectivity index (χ3v) is 4.38. The third kappa shape index (κ3) is 8.91. The number of amides is 2. The average molecular weight is 436 g/mol. The van der Waals surface area contributed by atoms with Crippen LogP contribution in [0.5, 0.6) is 0 Å². The number of carbonyl (C=O) groups is 2. The molecule has 2 aromatic rings. The molecule has 0 aliphatic carbocycles. The van der Waals surface area contributed by atoms with Gasteiger partial charge in [-0.1, -0.05) is 42.8 Å². The molecule has 0 spiro atoms. The number of nitrogens with two attached hydrogens (primary N) is 2. The quantitative estimate of drug-likeness (QED) is 0.241. The molecule has 0 atom stereocenters. The predicted octanol–water partition coefficient (Wildman–Crippen LogP) is 2.62. The topological polar surface area (TPSA) is 123 Å². The van der Waals surface area contributed by atoms with E-state index in [0.717, 1.165) is 31.9 Å². The van der Waals surface area contributed by atoms with E-state index in [1.807, 2.05) is 0 Å². The lowest BCUT2D eigenvalue weighted by atomic mass is 10.0. The van der Waals surface area contributed by atoms with Crippen LogP contribution in [0.25, 0.3) is 0 Å². The number of benzene rings is 2. The fraction of sp³-hybridized carbons (Fsp3) is 0.286. The molecule has 0 unspecified atom stereocenters. The van der Waals surface area contributed by atoms with Gasteiger partial charge in [0, 0.05) is 19.3 Å². The van der Waals surface area contributed by atoms with E-state index in [0.29, 0.717) is 5.96 Å². The Labute approximate surface area is 180 Å². The molecule has 0 fully saturated rings. The zero-order valence-corrected chi connectivity index (χ0v) is 17.8. The predicted molar refractivity (Wildman–Crippen MR) is 119 cm³/mol. The fourth-order valence-corrected chi connectivity index (χ4v) is 2.60. The molecule has 0 aliphatic heterocycles. The monoisotopic (exact) mass is 435 g/mol. The van der Waals surface area contributed by atoms with Crippen LogP contribution in [0.15, 0.2) is 47.5 Å². The Bertz CT molecular complexity index is 889. The van der Waals surface area contributed by atoms with Crippen LogP contribution in [0.1, 0.15) is 24.5 Å². The smallest absolute Gasteiger partial charge is 0.313 e. The molecule has 2 rings (SSSR count). The summed E-state index contributed by atoms with van der Waals surface area (Å²) in [5, 5.41) is 5.10. The standard InChI is InChI=1S/C13H21N3.C8H6ClFN2O2/c1-3-11-7-4-5-8-12(11)9-6-10-16-13(14)15-2;9-5-2-1-4(3-6(5)10)12-8(14)7(11)13/h4-5,7-8H,3,6,9-10H2,1-2H3,(H3,14,15,16);1-3H,(H2,11,13)(H,12,14). The van der Waals surface area contributed by atoms with Crippen molar-refractivity contribution >= 4 is 35.1 Å². The van der Waals surface area contributed by atoms with E-state index < -0.39 is 17.6 Å². The van der Waals surface area contributed by atoms with Gasteiger partial charge in [-0.2, -0.15) is 0 Å². The Morgan fingerprint density at radius 2 is 1.80 bits per heavy atom. The Kier molecular flexibility index (Phi) is 10.9. The number of carbonyl (C=O) groups excluding carboxylic acids is 2. The Morgan fingerprint density at radius 3 is 2.37 bits per heavy atom. The van der Waals surface area contributed by atoms with Crippen molar-refractivity contribution in [2.24, 2.45) is 16.5 Å². The molecule has 9 heteroatoms. The number of hydrogen-bond acceptors (Lipinski definition) is 3. The van der Waals surface area contributed by atoms with Gasteiger partial charge in [0.05, 0.1) is 5.02 Å². The van der Waals surface area contributed by atoms with Crippen molar-refractivity contribution < 1.29 is 14.0 Å². The van der Waals surface area contributed by atoms with Crippen LogP contribution in [-0.2, 0) is 22.4 Å². The molecule has 0 radical (unpaired) electrons. The van der Waals surface area contributed by atoms with Crippen molar-refractivity contribution in [1.82, 2.24) is 5.32 Å². The highest BCUT2D eigenvalue weighted by Crippen LogP contribution is 2.18. The number of halogens is 2. The van der Waals surface area contributed by atoms with Gasteiger partial charge in [-0.05, 0) is 48.6 Å². The summed E-state index contributed by atoms with van der Waals surface area (Å²) >= 11 is 5.40. The highest BCUT2D eigenvalue weighted by Gasteiger charge is 2.09. The van der Waals surface area contributed by atoms with Crippen LogP contribution in [0.2, 0.25) is 5.02 Å². The van der Waals surface area contributed by atoms with Gasteiger partial charge in [-0.25, -0.2) is 4.39 Å². The molecule has 0 bridgehead atoms. The number of rotatable bonds is 6. The Hall–Kier alpha value is -3.13. The summed E-state index contributed by atoms with van der Waals surface area (Å²) in [6, 6.07) is 12.2. The molecule has 2 amide bonds. The van der Waals surface area contributed by atoms with Gasteiger partial charge in [0.15, 0.2) is 5.96 Å². The van der Waals surface area contributed by atoms with E-state index in [1.54, 1.807) is 7.05 Å². The number of nitrogens with zero attached hydrogens (tertiary/aromatic N) is 1. The van der Waals surface area contributed by atoms with E-state index in [1.165, 1.54) is 23.3 Å². The molecule has 0 saturated heterocycles. The minimum Gasteiger partial charge on any atom is -0.370 e. The van der Waals surface area contributed by atoms with Gasteiger partial charge in [-0.15, -0.1) is 0 Å². The summed E-state index contributed by atoms with van der Waals surface area (Å²) in [6.07, 6.45) is 3.27. The molecule has 0 saturated carbocycles. The summed E-state index contributed by atoms with van der Waals surface area (Å²) < 4.78 is 12.8. The molecule has 0 aromatic heterocycles. The molecule has 162 valence electrons. The number of nitrogens with one attached hydrogen (secondary N) is 2. The van der Waals surface area contributed by atoms with Crippen molar-refractivity contribution in [3.63, 3.8) is 0 Å². The second-order valence-electron chi connectivity index (χ2n) is 6.21. The zero-order valence-electron chi connectivity index (χ0n) is 17.0. The largest absolute Gasteiger partial charge is 0.370 e. The van der Waals surface area contributed by atoms with Crippen molar-refractivity contribution in [2.75, 3.05) is 18.9 Å². The lowest BCUT2D eigenvalue weighted by Gasteiger charge is -2.08. The number of hydrogen-bond donors (Lipinski definition) is 4. The summed E-state index contributed by atoms with van der Waals surface area (Å²) in [4.78, 5) is 25.0. The van der Waals surface area contributed by atoms with E-state index >= 15 is 0 Å². The minimum absolute atomic E-state index is 0.0675. The average Bonchev–Trinajstić information content (AvgIpc) is 2.74. The van der Waals surface area contributed by atoms with Crippen molar-refractivity contribution in [3.8, 4) is 0 Å². The lowest BCUT2D eigenvalue weighted by Crippen LogP contribution is -2.32. The highest BCUT2D eigenvalue weighted by atomic mass is 35.5. The Balaban J connectivity index is 0.000000303. The van der Waals surface area contributed by atoms with Crippen molar-refractivity contribution in [1.29, 1.82) is 0 Å². The van der Waals surface area contributed by atoms with Gasteiger partial charge < -0.3 is 22.1 Å². The van der Waals surface area contributed by atoms with Gasteiger partial charge in [0.1, 0.15) is 5.82 Å². The van der Waals surface area contributed by atoms with Gasteiger partial charge in [0.25, 0.3) is 0 Å². The third-order valence-electron chi connectivity index (χ3n) is 4.07. The van der Waals surface area contributed by atoms with Crippen molar-refractivity contribution in [3.05, 3.63) is 64.4 Å². The maximum atomic E-state index is 12.8. The van der Waals surface area contributed by atoms with Crippen LogP contribution in [0, 0.1) is 5.82 Å². The first-order chi connectivity index (χ1) is 14.3. The molecule has 0 aliphatic rings. The van der Waals surface area contributed by atoms with Crippen molar-refractivity contribution in [2.45, 2.75) is 26.2 Å². The first-order valence-corrected chi connectivity index (χ1v) is 9.75. The van der Waals surface area contributed by atoms with E-state index in [-0.39, 0.29) is 10.7 Å². The normalized spacial score (nSPS) is 10.6. The first-order valence-electron chi connectivity index (χ1n) is 9.37. The molecule has 30 heavy (non-hydrogen) atoms. The SMILES string of the molecule is CCc1ccccc1CCCNC(N)=NC.NC(=O)C(=O)Nc1ccc(Cl)c(F)c1. The van der Waals surface area contributed by atoms with E-state index in [4.69, 9.17) is 17.3 Å². The van der Waals surface area contributed by atoms with Crippen LogP contribution >= 0.6 is 11.6 Å². The van der Waals surface area contributed by atoms with Gasteiger partial charge in [0.2, 0.25) is 0 Å². The highest BCUT2D eigenvalue weighted by molar-refractivity contribution is 6.39. The van der Waals surface area contributed by atoms with E-state index in [9.17, 15) is 14.0 Å². The zero-order chi connectivity index (χ0) is 22.5. The summed E-state index contributed by atoms with van der Waals surface area (Å²) in [5.41, 5.74) is 13.2. The van der Waals surface area contributed by atoms with Crippen LogP contribution in [-0.4, -0.2) is 31.4 Å². The molecular weight excluding hydrogens is 409 g/mol. The lowest BCUT2D eigenvalue weighted by molar-refractivity contribution is -0.134. The molecule has 6 N–H and O–H groups in total. The maximum Gasteiger partial charge on any atom is 0.313 e. The van der Waals surface area contributed by atoms with Gasteiger partial charge >= 0.3 is 11.8 Å². The van der Waals surface area contributed by atoms with Crippen LogP contribution < -0.4 is 22.1 Å². The number of primary amides is 1. The number of aliphatic imine (C=N–C) groups is 1. The van der Waals surface area contributed by atoms with Gasteiger partial charge in [-0.3, -0.25) is 14.6 Å². The maximum absolute atomic E-state index is 12.8. The molecule has 2 aromatic carbocycles. The molecule has 7 nitrogen and oxygen atoms in total. The fourth-order valence-electron chi connectivity index (χ4n) is 2.49. The second kappa shape index (κ2) is 13.2. The summed E-state index contributed by atoms with van der Waals surface area (Å²) in [7, 11) is 1.69. The molecule has 0 heterocycles. The summed E-state index contributed by atoms with van der Waals surface area (Å²) in [6.45, 7) is 3.07.